The summed E-state index contributed by atoms with van der Waals surface area (Å²) in [6.45, 7) is 0. The van der Waals surface area contributed by atoms with Crippen LogP contribution >= 0.6 is 0 Å². The van der Waals surface area contributed by atoms with Crippen LogP contribution in [-0.2, 0) is 6.42 Å². The van der Waals surface area contributed by atoms with Gasteiger partial charge in [-0.1, -0.05) is 25.7 Å². The Kier molecular flexibility index (Phi) is 3.84. The third kappa shape index (κ3) is 3.38. The Balaban J connectivity index is 1.66. The summed E-state index contributed by atoms with van der Waals surface area (Å²) in [4.78, 5) is 0. The molecule has 1 atom stereocenters. The minimum Gasteiger partial charge on any atom is -0.472 e. The Bertz CT molecular complexity index is 260. The van der Waals surface area contributed by atoms with Gasteiger partial charge in [0.1, 0.15) is 0 Å². The Morgan fingerprint density at radius 2 is 2.20 bits per heavy atom. The molecular weight excluding hydrogens is 188 g/mol. The minimum atomic E-state index is -0.191. The van der Waals surface area contributed by atoms with Crippen molar-refractivity contribution in [3.8, 4) is 0 Å². The molecule has 2 nitrogen and oxygen atoms in total. The summed E-state index contributed by atoms with van der Waals surface area (Å²) < 4.78 is 4.98. The number of aliphatic hydroxyl groups is 1. The van der Waals surface area contributed by atoms with Crippen molar-refractivity contribution in [2.45, 2.75) is 51.0 Å². The smallest absolute Gasteiger partial charge is 0.0935 e. The van der Waals surface area contributed by atoms with Gasteiger partial charge in [-0.2, -0.15) is 0 Å². The lowest BCUT2D eigenvalue weighted by atomic mass is 9.97. The summed E-state index contributed by atoms with van der Waals surface area (Å²) >= 11 is 0. The van der Waals surface area contributed by atoms with E-state index in [4.69, 9.17) is 4.42 Å². The topological polar surface area (TPSA) is 33.4 Å². The zero-order chi connectivity index (χ0) is 10.5. The highest BCUT2D eigenvalue weighted by atomic mass is 16.3. The molecular formula is C13H20O2. The predicted molar refractivity (Wildman–Crippen MR) is 59.6 cm³/mol. The van der Waals surface area contributed by atoms with Crippen LogP contribution in [0.15, 0.2) is 23.0 Å². The molecule has 0 aliphatic heterocycles. The summed E-state index contributed by atoms with van der Waals surface area (Å²) in [6.07, 6.45) is 11.6. The first-order chi connectivity index (χ1) is 7.34. The van der Waals surface area contributed by atoms with E-state index < -0.39 is 0 Å². The first-order valence-electron chi connectivity index (χ1n) is 6.04. The van der Waals surface area contributed by atoms with Gasteiger partial charge in [0, 0.05) is 6.42 Å². The van der Waals surface area contributed by atoms with E-state index in [-0.39, 0.29) is 6.10 Å². The maximum Gasteiger partial charge on any atom is 0.0935 e. The maximum atomic E-state index is 9.84. The highest BCUT2D eigenvalue weighted by Crippen LogP contribution is 2.29. The Morgan fingerprint density at radius 1 is 1.40 bits per heavy atom. The molecule has 1 aromatic rings. The van der Waals surface area contributed by atoms with Crippen LogP contribution in [0.25, 0.3) is 0 Å². The Hall–Kier alpha value is -0.760. The Morgan fingerprint density at radius 3 is 2.87 bits per heavy atom. The van der Waals surface area contributed by atoms with Gasteiger partial charge < -0.3 is 9.52 Å². The lowest BCUT2D eigenvalue weighted by molar-refractivity contribution is 0.154. The molecule has 1 saturated carbocycles. The molecule has 1 fully saturated rings. The van der Waals surface area contributed by atoms with Crippen LogP contribution in [0.5, 0.6) is 0 Å². The van der Waals surface area contributed by atoms with Crippen molar-refractivity contribution in [1.29, 1.82) is 0 Å². The normalized spacial score (nSPS) is 19.5. The molecule has 1 aliphatic rings. The van der Waals surface area contributed by atoms with Gasteiger partial charge in [0.05, 0.1) is 18.6 Å². The molecule has 1 heterocycles. The molecule has 1 N–H and O–H groups in total. The number of aliphatic hydroxyl groups excluding tert-OH is 1. The van der Waals surface area contributed by atoms with E-state index in [2.05, 4.69) is 0 Å². The van der Waals surface area contributed by atoms with Gasteiger partial charge in [0.15, 0.2) is 0 Å². The molecule has 0 spiro atoms. The molecule has 0 bridgehead atoms. The van der Waals surface area contributed by atoms with Crippen molar-refractivity contribution >= 4 is 0 Å². The molecule has 1 aliphatic carbocycles. The van der Waals surface area contributed by atoms with Crippen LogP contribution in [-0.4, -0.2) is 11.2 Å². The van der Waals surface area contributed by atoms with Gasteiger partial charge in [-0.15, -0.1) is 0 Å². The molecule has 15 heavy (non-hydrogen) atoms. The second-order valence-electron chi connectivity index (χ2n) is 4.72. The van der Waals surface area contributed by atoms with Crippen molar-refractivity contribution in [2.24, 2.45) is 5.92 Å². The molecule has 84 valence electrons. The van der Waals surface area contributed by atoms with E-state index in [0.29, 0.717) is 0 Å². The van der Waals surface area contributed by atoms with E-state index in [1.165, 1.54) is 32.1 Å². The van der Waals surface area contributed by atoms with Crippen LogP contribution in [0.2, 0.25) is 0 Å². The number of hydrogen-bond acceptors (Lipinski definition) is 2. The number of rotatable bonds is 5. The lowest BCUT2D eigenvalue weighted by Gasteiger charge is -2.12. The molecule has 0 aromatic carbocycles. The van der Waals surface area contributed by atoms with Crippen LogP contribution in [0.4, 0.5) is 0 Å². The number of hydrogen-bond donors (Lipinski definition) is 1. The fourth-order valence-corrected chi connectivity index (χ4v) is 2.51. The van der Waals surface area contributed by atoms with Crippen molar-refractivity contribution < 1.29 is 9.52 Å². The standard InChI is InChI=1S/C13H20O2/c14-13(9-12-7-8-15-10-12)6-5-11-3-1-2-4-11/h7-8,10-11,13-14H,1-6,9H2. The second kappa shape index (κ2) is 5.36. The molecule has 1 unspecified atom stereocenters. The van der Waals surface area contributed by atoms with Gasteiger partial charge >= 0.3 is 0 Å². The Labute approximate surface area is 91.3 Å². The zero-order valence-electron chi connectivity index (χ0n) is 9.19. The molecule has 1 aromatic heterocycles. The SMILES string of the molecule is OC(CCC1CCCC1)Cc1ccoc1. The monoisotopic (exact) mass is 208 g/mol. The second-order valence-corrected chi connectivity index (χ2v) is 4.72. The number of furan rings is 1. The third-order valence-corrected chi connectivity index (χ3v) is 3.43. The van der Waals surface area contributed by atoms with Crippen molar-refractivity contribution in [2.75, 3.05) is 0 Å². The predicted octanol–water partition coefficient (Wildman–Crippen LogP) is 3.15. The molecule has 0 amide bonds. The van der Waals surface area contributed by atoms with Gasteiger partial charge in [0.25, 0.3) is 0 Å². The van der Waals surface area contributed by atoms with E-state index >= 15 is 0 Å². The van der Waals surface area contributed by atoms with E-state index in [9.17, 15) is 5.11 Å². The van der Waals surface area contributed by atoms with Gasteiger partial charge in [-0.05, 0) is 30.4 Å². The van der Waals surface area contributed by atoms with E-state index in [0.717, 1.165) is 24.3 Å². The van der Waals surface area contributed by atoms with E-state index in [1.807, 2.05) is 6.07 Å². The molecule has 2 rings (SSSR count). The van der Waals surface area contributed by atoms with Crippen molar-refractivity contribution in [3.05, 3.63) is 24.2 Å². The van der Waals surface area contributed by atoms with Crippen molar-refractivity contribution in [3.63, 3.8) is 0 Å². The minimum absolute atomic E-state index is 0.191. The summed E-state index contributed by atoms with van der Waals surface area (Å²) in [5.74, 6) is 0.879. The fourth-order valence-electron chi connectivity index (χ4n) is 2.51. The van der Waals surface area contributed by atoms with Crippen LogP contribution in [0.1, 0.15) is 44.1 Å². The van der Waals surface area contributed by atoms with Crippen molar-refractivity contribution in [1.82, 2.24) is 0 Å². The third-order valence-electron chi connectivity index (χ3n) is 3.43. The fraction of sp³-hybridized carbons (Fsp3) is 0.692. The first kappa shape index (κ1) is 10.7. The average molecular weight is 208 g/mol. The molecule has 0 saturated heterocycles. The highest BCUT2D eigenvalue weighted by Gasteiger charge is 2.16. The largest absolute Gasteiger partial charge is 0.472 e. The lowest BCUT2D eigenvalue weighted by Crippen LogP contribution is -2.11. The van der Waals surface area contributed by atoms with Crippen LogP contribution in [0.3, 0.4) is 0 Å². The average Bonchev–Trinajstić information content (AvgIpc) is 2.86. The first-order valence-corrected chi connectivity index (χ1v) is 6.04. The van der Waals surface area contributed by atoms with Gasteiger partial charge in [-0.3, -0.25) is 0 Å². The van der Waals surface area contributed by atoms with Crippen LogP contribution in [0, 0.1) is 5.92 Å². The highest BCUT2D eigenvalue weighted by molar-refractivity contribution is 5.06. The summed E-state index contributed by atoms with van der Waals surface area (Å²) in [6, 6.07) is 1.93. The maximum absolute atomic E-state index is 9.84. The van der Waals surface area contributed by atoms with Gasteiger partial charge in [0.2, 0.25) is 0 Å². The summed E-state index contributed by atoms with van der Waals surface area (Å²) in [5, 5.41) is 9.84. The van der Waals surface area contributed by atoms with Gasteiger partial charge in [-0.25, -0.2) is 0 Å². The summed E-state index contributed by atoms with van der Waals surface area (Å²) in [5.41, 5.74) is 1.11. The van der Waals surface area contributed by atoms with E-state index in [1.54, 1.807) is 12.5 Å². The quantitative estimate of drug-likeness (QED) is 0.806. The zero-order valence-corrected chi connectivity index (χ0v) is 9.19. The summed E-state index contributed by atoms with van der Waals surface area (Å²) in [7, 11) is 0. The van der Waals surface area contributed by atoms with Crippen LogP contribution < -0.4 is 0 Å². The molecule has 2 heteroatoms. The molecule has 0 radical (unpaired) electrons.